The van der Waals surface area contributed by atoms with E-state index in [0.717, 1.165) is 25.5 Å². The van der Waals surface area contributed by atoms with E-state index in [0.29, 0.717) is 5.92 Å². The van der Waals surface area contributed by atoms with Crippen molar-refractivity contribution in [1.82, 2.24) is 14.5 Å². The first kappa shape index (κ1) is 13.3. The number of para-hydroxylation sites is 1. The minimum atomic E-state index is 0.286. The first-order valence-electron chi connectivity index (χ1n) is 7.29. The number of benzene rings is 1. The van der Waals surface area contributed by atoms with Crippen molar-refractivity contribution in [2.45, 2.75) is 25.9 Å². The summed E-state index contributed by atoms with van der Waals surface area (Å²) in [6.45, 7) is 5.21. The fraction of sp³-hybridized carbons (Fsp3) is 0.438. The molecule has 1 saturated heterocycles. The van der Waals surface area contributed by atoms with Gasteiger partial charge in [0.15, 0.2) is 0 Å². The van der Waals surface area contributed by atoms with Gasteiger partial charge >= 0.3 is 0 Å². The van der Waals surface area contributed by atoms with E-state index in [1.807, 2.05) is 18.5 Å². The van der Waals surface area contributed by atoms with Gasteiger partial charge in [0.1, 0.15) is 5.82 Å². The topological polar surface area (TPSA) is 47.1 Å². The van der Waals surface area contributed by atoms with Crippen molar-refractivity contribution in [3.8, 4) is 5.69 Å². The molecule has 0 bridgehead atoms. The number of imidazole rings is 1. The smallest absolute Gasteiger partial charge is 0.127 e. The summed E-state index contributed by atoms with van der Waals surface area (Å²) < 4.78 is 2.17. The molecule has 0 radical (unpaired) electrons. The van der Waals surface area contributed by atoms with Gasteiger partial charge in [-0.3, -0.25) is 4.90 Å². The van der Waals surface area contributed by atoms with Gasteiger partial charge in [-0.2, -0.15) is 0 Å². The van der Waals surface area contributed by atoms with Gasteiger partial charge in [0.05, 0.1) is 6.54 Å². The Bertz CT molecular complexity index is 547. The number of rotatable bonds is 4. The van der Waals surface area contributed by atoms with Crippen molar-refractivity contribution < 1.29 is 0 Å². The third-order valence-corrected chi connectivity index (χ3v) is 4.17. The summed E-state index contributed by atoms with van der Waals surface area (Å²) in [6.07, 6.45) is 5.11. The van der Waals surface area contributed by atoms with Crippen LogP contribution in [-0.2, 0) is 6.54 Å². The van der Waals surface area contributed by atoms with Crippen molar-refractivity contribution in [3.05, 3.63) is 48.5 Å². The number of nitrogens with zero attached hydrogens (tertiary/aromatic N) is 3. The Morgan fingerprint density at radius 3 is 2.85 bits per heavy atom. The number of aromatic nitrogens is 2. The van der Waals surface area contributed by atoms with Crippen molar-refractivity contribution in [1.29, 1.82) is 0 Å². The maximum atomic E-state index is 6.01. The van der Waals surface area contributed by atoms with E-state index >= 15 is 0 Å². The molecular weight excluding hydrogens is 248 g/mol. The zero-order valence-electron chi connectivity index (χ0n) is 11.9. The molecule has 2 heterocycles. The van der Waals surface area contributed by atoms with Gasteiger partial charge in [-0.1, -0.05) is 18.2 Å². The molecular formula is C16H22N4. The predicted octanol–water partition coefficient (Wildman–Crippen LogP) is 2.04. The molecule has 1 aromatic carbocycles. The Labute approximate surface area is 120 Å². The third kappa shape index (κ3) is 2.76. The first-order valence-corrected chi connectivity index (χ1v) is 7.29. The van der Waals surface area contributed by atoms with Crippen LogP contribution in [0.25, 0.3) is 5.69 Å². The van der Waals surface area contributed by atoms with Crippen LogP contribution in [0.15, 0.2) is 42.7 Å². The lowest BCUT2D eigenvalue weighted by Gasteiger charge is -2.18. The van der Waals surface area contributed by atoms with Gasteiger partial charge in [-0.25, -0.2) is 4.98 Å². The molecule has 2 atom stereocenters. The van der Waals surface area contributed by atoms with Crippen LogP contribution >= 0.6 is 0 Å². The highest BCUT2D eigenvalue weighted by molar-refractivity contribution is 5.32. The SMILES string of the molecule is CC(N)C1CCN(Cc2nccn2-c2ccccc2)C1. The Hall–Kier alpha value is -1.65. The lowest BCUT2D eigenvalue weighted by Crippen LogP contribution is -2.30. The van der Waals surface area contributed by atoms with E-state index in [2.05, 4.69) is 45.6 Å². The lowest BCUT2D eigenvalue weighted by molar-refractivity contribution is 0.299. The second kappa shape index (κ2) is 5.77. The quantitative estimate of drug-likeness (QED) is 0.925. The van der Waals surface area contributed by atoms with Crippen molar-refractivity contribution in [3.63, 3.8) is 0 Å². The van der Waals surface area contributed by atoms with E-state index in [1.54, 1.807) is 0 Å². The molecule has 2 N–H and O–H groups in total. The standard InChI is InChI=1S/C16H22N4/c1-13(17)14-7-9-19(11-14)12-16-18-8-10-20(16)15-5-3-2-4-6-15/h2-6,8,10,13-14H,7,9,11-12,17H2,1H3. The Balaban J connectivity index is 1.72. The molecule has 106 valence electrons. The molecule has 1 aromatic heterocycles. The van der Waals surface area contributed by atoms with Gasteiger partial charge in [0.2, 0.25) is 0 Å². The van der Waals surface area contributed by atoms with E-state index in [4.69, 9.17) is 5.73 Å². The molecule has 2 unspecified atom stereocenters. The third-order valence-electron chi connectivity index (χ3n) is 4.17. The molecule has 0 saturated carbocycles. The number of hydrogen-bond acceptors (Lipinski definition) is 3. The van der Waals surface area contributed by atoms with Crippen molar-refractivity contribution in [2.24, 2.45) is 11.7 Å². The van der Waals surface area contributed by atoms with Gasteiger partial charge in [0.25, 0.3) is 0 Å². The summed E-state index contributed by atoms with van der Waals surface area (Å²) in [7, 11) is 0. The largest absolute Gasteiger partial charge is 0.328 e. The molecule has 20 heavy (non-hydrogen) atoms. The molecule has 1 aliphatic rings. The molecule has 4 nitrogen and oxygen atoms in total. The highest BCUT2D eigenvalue weighted by atomic mass is 15.2. The molecule has 0 aliphatic carbocycles. The number of likely N-dealkylation sites (tertiary alicyclic amines) is 1. The maximum absolute atomic E-state index is 6.01. The number of hydrogen-bond donors (Lipinski definition) is 1. The fourth-order valence-electron chi connectivity index (χ4n) is 2.91. The summed E-state index contributed by atoms with van der Waals surface area (Å²) in [5.74, 6) is 1.72. The molecule has 0 spiro atoms. The van der Waals surface area contributed by atoms with Gasteiger partial charge in [-0.05, 0) is 37.9 Å². The van der Waals surface area contributed by atoms with E-state index in [-0.39, 0.29) is 6.04 Å². The van der Waals surface area contributed by atoms with Crippen molar-refractivity contribution in [2.75, 3.05) is 13.1 Å². The zero-order valence-corrected chi connectivity index (χ0v) is 11.9. The van der Waals surface area contributed by atoms with Crippen LogP contribution in [0, 0.1) is 5.92 Å². The summed E-state index contributed by atoms with van der Waals surface area (Å²) in [4.78, 5) is 6.97. The average Bonchev–Trinajstić information content (AvgIpc) is 3.09. The maximum Gasteiger partial charge on any atom is 0.127 e. The van der Waals surface area contributed by atoms with Crippen LogP contribution in [0.4, 0.5) is 0 Å². The second-order valence-corrected chi connectivity index (χ2v) is 5.69. The summed E-state index contributed by atoms with van der Waals surface area (Å²) in [5.41, 5.74) is 7.18. The highest BCUT2D eigenvalue weighted by Crippen LogP contribution is 2.21. The normalized spacial score (nSPS) is 21.2. The van der Waals surface area contributed by atoms with Crippen LogP contribution in [0.5, 0.6) is 0 Å². The predicted molar refractivity (Wildman–Crippen MR) is 80.6 cm³/mol. The summed E-state index contributed by atoms with van der Waals surface area (Å²) in [5, 5.41) is 0. The van der Waals surface area contributed by atoms with Crippen molar-refractivity contribution >= 4 is 0 Å². The Morgan fingerprint density at radius 1 is 1.35 bits per heavy atom. The summed E-state index contributed by atoms with van der Waals surface area (Å²) in [6, 6.07) is 10.7. The molecule has 1 fully saturated rings. The highest BCUT2D eigenvalue weighted by Gasteiger charge is 2.25. The average molecular weight is 270 g/mol. The molecule has 1 aliphatic heterocycles. The van der Waals surface area contributed by atoms with E-state index < -0.39 is 0 Å². The molecule has 3 rings (SSSR count). The van der Waals surface area contributed by atoms with Gasteiger partial charge in [0, 0.05) is 30.7 Å². The zero-order chi connectivity index (χ0) is 13.9. The van der Waals surface area contributed by atoms with Gasteiger partial charge < -0.3 is 10.3 Å². The Morgan fingerprint density at radius 2 is 2.15 bits per heavy atom. The van der Waals surface area contributed by atoms with Crippen LogP contribution in [0.3, 0.4) is 0 Å². The minimum Gasteiger partial charge on any atom is -0.328 e. The van der Waals surface area contributed by atoms with E-state index in [9.17, 15) is 0 Å². The van der Waals surface area contributed by atoms with Gasteiger partial charge in [-0.15, -0.1) is 0 Å². The lowest BCUT2D eigenvalue weighted by atomic mass is 10.0. The second-order valence-electron chi connectivity index (χ2n) is 5.69. The Kier molecular flexibility index (Phi) is 3.85. The van der Waals surface area contributed by atoms with Crippen LogP contribution in [-0.4, -0.2) is 33.6 Å². The fourth-order valence-corrected chi connectivity index (χ4v) is 2.91. The first-order chi connectivity index (χ1) is 9.74. The van der Waals surface area contributed by atoms with Crippen LogP contribution in [0.2, 0.25) is 0 Å². The summed E-state index contributed by atoms with van der Waals surface area (Å²) >= 11 is 0. The molecule has 4 heteroatoms. The minimum absolute atomic E-state index is 0.286. The monoisotopic (exact) mass is 270 g/mol. The van der Waals surface area contributed by atoms with E-state index in [1.165, 1.54) is 12.1 Å². The molecule has 0 amide bonds. The van der Waals surface area contributed by atoms with Crippen LogP contribution < -0.4 is 5.73 Å². The number of nitrogens with two attached hydrogens (primary N) is 1. The molecule has 2 aromatic rings. The van der Waals surface area contributed by atoms with Crippen LogP contribution in [0.1, 0.15) is 19.2 Å².